The summed E-state index contributed by atoms with van der Waals surface area (Å²) in [6.07, 6.45) is 9.97. The number of alkyl halides is 1. The van der Waals surface area contributed by atoms with E-state index in [1.165, 1.54) is 13.2 Å². The predicted molar refractivity (Wildman–Crippen MR) is 167 cm³/mol. The van der Waals surface area contributed by atoms with Gasteiger partial charge in [-0.3, -0.25) is 24.6 Å². The van der Waals surface area contributed by atoms with Crippen LogP contribution in [0.4, 0.5) is 8.78 Å². The van der Waals surface area contributed by atoms with Crippen LogP contribution in [0.2, 0.25) is 0 Å². The largest absolute Gasteiger partial charge is 0.497 e. The number of nitrogens with one attached hydrogen (secondary N) is 3. The average molecular weight is 615 g/mol. The third-order valence-corrected chi connectivity index (χ3v) is 8.58. The number of amides is 2. The summed E-state index contributed by atoms with van der Waals surface area (Å²) in [6, 6.07) is 7.89. The number of aromatic amines is 1. The number of hydrogen-bond acceptors (Lipinski definition) is 6. The molecule has 1 fully saturated rings. The maximum Gasteiger partial charge on any atom is 0.251 e. The van der Waals surface area contributed by atoms with Crippen molar-refractivity contribution in [3.05, 3.63) is 95.3 Å². The number of halogens is 2. The Labute approximate surface area is 260 Å². The summed E-state index contributed by atoms with van der Waals surface area (Å²) in [6.45, 7) is 2.39. The lowest BCUT2D eigenvalue weighted by atomic mass is 9.93. The van der Waals surface area contributed by atoms with Gasteiger partial charge in [-0.25, -0.2) is 8.78 Å². The van der Waals surface area contributed by atoms with Gasteiger partial charge in [-0.1, -0.05) is 18.2 Å². The molecule has 4 atom stereocenters. The first kappa shape index (κ1) is 30.4. The molecule has 3 heterocycles. The van der Waals surface area contributed by atoms with Crippen molar-refractivity contribution in [2.24, 2.45) is 0 Å². The van der Waals surface area contributed by atoms with E-state index in [0.717, 1.165) is 27.9 Å². The minimum absolute atomic E-state index is 0.0907. The number of ether oxygens (including phenoxy) is 1. The number of likely N-dealkylation sites (tertiary alicyclic amines) is 1. The highest BCUT2D eigenvalue weighted by atomic mass is 19.1. The topological polar surface area (TPSA) is 112 Å². The second-order valence-corrected chi connectivity index (χ2v) is 11.7. The van der Waals surface area contributed by atoms with Gasteiger partial charge in [0.1, 0.15) is 23.5 Å². The number of benzene rings is 1. The summed E-state index contributed by atoms with van der Waals surface area (Å²) in [7, 11) is 1.50. The highest BCUT2D eigenvalue weighted by Crippen LogP contribution is 2.29. The van der Waals surface area contributed by atoms with Crippen molar-refractivity contribution < 1.29 is 23.1 Å². The van der Waals surface area contributed by atoms with E-state index in [2.05, 4.69) is 25.8 Å². The van der Waals surface area contributed by atoms with Gasteiger partial charge >= 0.3 is 0 Å². The standard InChI is InChI=1S/C34H36F2N6O3/c1-20-15-21(13-14-37-20)32-26-16-22(9-11-29(26)40-41-32)33(43)39-25-10-12-30(34(44)38-24-6-3-5-23(35)17-24)42(18-25)19-27-28(36)7-4-8-31(27)45-2/h3-6,8-9,11,13-16,24-25,28,30H,7,10,12,17-19H2,1-2H3,(H,38,44)(H,39,43)(H,40,41). The van der Waals surface area contributed by atoms with Gasteiger partial charge in [0, 0.05) is 66.0 Å². The van der Waals surface area contributed by atoms with Gasteiger partial charge in [-0.15, -0.1) is 0 Å². The SMILES string of the molecule is COC1=C(CN2CC(NC(=O)c3ccc4[nH]nc(-c5ccnc(C)c5)c4c3)CCC2C(=O)NC2C=CC=C(F)C2)C(F)CC=C1. The Morgan fingerprint density at radius 3 is 2.84 bits per heavy atom. The smallest absolute Gasteiger partial charge is 0.251 e. The van der Waals surface area contributed by atoms with Gasteiger partial charge in [0.05, 0.1) is 24.7 Å². The minimum atomic E-state index is -1.25. The zero-order valence-electron chi connectivity index (χ0n) is 25.2. The molecule has 2 aliphatic carbocycles. The van der Waals surface area contributed by atoms with E-state index in [0.29, 0.717) is 36.3 Å². The molecule has 9 nitrogen and oxygen atoms in total. The maximum absolute atomic E-state index is 15.1. The molecular weight excluding hydrogens is 578 g/mol. The van der Waals surface area contributed by atoms with Gasteiger partial charge in [-0.05, 0) is 62.2 Å². The molecule has 45 heavy (non-hydrogen) atoms. The molecule has 2 amide bonds. The number of nitrogens with zero attached hydrogens (tertiary/aromatic N) is 3. The van der Waals surface area contributed by atoms with Crippen LogP contribution in [0.15, 0.2) is 84.1 Å². The summed E-state index contributed by atoms with van der Waals surface area (Å²) < 4.78 is 34.5. The zero-order valence-corrected chi connectivity index (χ0v) is 25.2. The van der Waals surface area contributed by atoms with Crippen LogP contribution in [0.1, 0.15) is 41.7 Å². The van der Waals surface area contributed by atoms with Crippen LogP contribution in [-0.4, -0.2) is 76.4 Å². The van der Waals surface area contributed by atoms with Crippen LogP contribution < -0.4 is 10.6 Å². The Morgan fingerprint density at radius 1 is 1.18 bits per heavy atom. The Morgan fingerprint density at radius 2 is 2.04 bits per heavy atom. The Bertz CT molecular complexity index is 1730. The Balaban J connectivity index is 1.20. The van der Waals surface area contributed by atoms with Crippen LogP contribution in [-0.2, 0) is 9.53 Å². The lowest BCUT2D eigenvalue weighted by molar-refractivity contribution is -0.128. The van der Waals surface area contributed by atoms with E-state index in [9.17, 15) is 14.0 Å². The summed E-state index contributed by atoms with van der Waals surface area (Å²) in [5.41, 5.74) is 4.24. The lowest BCUT2D eigenvalue weighted by Gasteiger charge is -2.40. The van der Waals surface area contributed by atoms with E-state index < -0.39 is 18.3 Å². The Kier molecular flexibility index (Phi) is 8.88. The minimum Gasteiger partial charge on any atom is -0.497 e. The first-order valence-corrected chi connectivity index (χ1v) is 15.2. The first-order chi connectivity index (χ1) is 21.8. The molecule has 11 heteroatoms. The van der Waals surface area contributed by atoms with Gasteiger partial charge < -0.3 is 15.4 Å². The number of aryl methyl sites for hydroxylation is 1. The first-order valence-electron chi connectivity index (χ1n) is 15.2. The van der Waals surface area contributed by atoms with E-state index in [4.69, 9.17) is 4.74 Å². The number of carbonyl (C=O) groups is 2. The van der Waals surface area contributed by atoms with Crippen molar-refractivity contribution >= 4 is 22.7 Å². The fraction of sp³-hybridized carbons (Fsp3) is 0.353. The van der Waals surface area contributed by atoms with Crippen molar-refractivity contribution in [2.75, 3.05) is 20.2 Å². The number of pyridine rings is 1. The van der Waals surface area contributed by atoms with E-state index >= 15 is 4.39 Å². The fourth-order valence-electron chi connectivity index (χ4n) is 6.28. The van der Waals surface area contributed by atoms with Gasteiger partial charge in [0.15, 0.2) is 0 Å². The van der Waals surface area contributed by atoms with Crippen LogP contribution in [0.3, 0.4) is 0 Å². The highest BCUT2D eigenvalue weighted by molar-refractivity contribution is 6.01. The van der Waals surface area contributed by atoms with Crippen molar-refractivity contribution in [3.63, 3.8) is 0 Å². The number of methoxy groups -OCH3 is 1. The molecule has 3 aliphatic rings. The number of H-pyrrole nitrogens is 1. The molecule has 0 saturated carbocycles. The normalized spacial score (nSPS) is 23.6. The molecular formula is C34H36F2N6O3. The summed E-state index contributed by atoms with van der Waals surface area (Å²) in [5, 5.41) is 14.4. The molecule has 1 aliphatic heterocycles. The van der Waals surface area contributed by atoms with Crippen LogP contribution in [0.25, 0.3) is 22.2 Å². The van der Waals surface area contributed by atoms with Gasteiger partial charge in [0.25, 0.3) is 5.91 Å². The van der Waals surface area contributed by atoms with Crippen LogP contribution >= 0.6 is 0 Å². The number of piperidine rings is 1. The van der Waals surface area contributed by atoms with Crippen molar-refractivity contribution in [3.8, 4) is 11.3 Å². The number of fused-ring (bicyclic) bond motifs is 1. The molecule has 4 unspecified atom stereocenters. The molecule has 1 aromatic carbocycles. The molecule has 234 valence electrons. The second kappa shape index (κ2) is 13.2. The molecule has 3 aromatic rings. The van der Waals surface area contributed by atoms with E-state index in [-0.39, 0.29) is 43.1 Å². The summed E-state index contributed by atoms with van der Waals surface area (Å²) >= 11 is 0. The average Bonchev–Trinajstić information content (AvgIpc) is 3.45. The van der Waals surface area contributed by atoms with Gasteiger partial charge in [0.2, 0.25) is 5.91 Å². The number of hydrogen-bond donors (Lipinski definition) is 3. The number of carbonyl (C=O) groups excluding carboxylic acids is 2. The van der Waals surface area contributed by atoms with Crippen LogP contribution in [0.5, 0.6) is 0 Å². The quantitative estimate of drug-likeness (QED) is 0.330. The monoisotopic (exact) mass is 614 g/mol. The second-order valence-electron chi connectivity index (χ2n) is 11.7. The van der Waals surface area contributed by atoms with E-state index in [1.807, 2.05) is 36.1 Å². The Hall–Kier alpha value is -4.64. The predicted octanol–water partition coefficient (Wildman–Crippen LogP) is 4.99. The molecule has 2 aromatic heterocycles. The molecule has 6 rings (SSSR count). The molecule has 0 bridgehead atoms. The summed E-state index contributed by atoms with van der Waals surface area (Å²) in [5.74, 6) is -0.366. The molecule has 3 N–H and O–H groups in total. The third kappa shape index (κ3) is 6.73. The molecule has 0 spiro atoms. The summed E-state index contributed by atoms with van der Waals surface area (Å²) in [4.78, 5) is 33.2. The fourth-order valence-corrected chi connectivity index (χ4v) is 6.28. The van der Waals surface area contributed by atoms with Crippen LogP contribution in [0, 0.1) is 6.92 Å². The number of rotatable bonds is 8. The van der Waals surface area contributed by atoms with Crippen molar-refractivity contribution in [1.29, 1.82) is 0 Å². The molecule has 0 radical (unpaired) electrons. The highest BCUT2D eigenvalue weighted by Gasteiger charge is 2.36. The molecule has 1 saturated heterocycles. The van der Waals surface area contributed by atoms with Crippen molar-refractivity contribution in [2.45, 2.75) is 56.9 Å². The van der Waals surface area contributed by atoms with Crippen molar-refractivity contribution in [1.82, 2.24) is 30.7 Å². The third-order valence-electron chi connectivity index (χ3n) is 8.58. The zero-order chi connectivity index (χ0) is 31.5. The number of aromatic nitrogens is 3. The maximum atomic E-state index is 15.1. The number of allylic oxidation sites excluding steroid dienone is 4. The van der Waals surface area contributed by atoms with Gasteiger partial charge in [-0.2, -0.15) is 5.10 Å². The lowest BCUT2D eigenvalue weighted by Crippen LogP contribution is -2.58. The van der Waals surface area contributed by atoms with E-state index in [1.54, 1.807) is 36.6 Å².